The molecule has 0 radical (unpaired) electrons. The normalized spacial score (nSPS) is 31.5. The number of hydrogen-bond acceptors (Lipinski definition) is 2. The molecule has 0 aromatic heterocycles. The van der Waals surface area contributed by atoms with Gasteiger partial charge in [-0.25, -0.2) is 0 Å². The van der Waals surface area contributed by atoms with E-state index >= 15 is 0 Å². The van der Waals surface area contributed by atoms with Crippen LogP contribution < -0.4 is 10.6 Å². The average Bonchev–Trinajstić information content (AvgIpc) is 2.84. The summed E-state index contributed by atoms with van der Waals surface area (Å²) >= 11 is 5.23. The van der Waals surface area contributed by atoms with Crippen molar-refractivity contribution in [3.8, 4) is 0 Å². The molecule has 0 spiro atoms. The molecule has 14 heavy (non-hydrogen) atoms. The van der Waals surface area contributed by atoms with Gasteiger partial charge in [0.15, 0.2) is 5.11 Å². The van der Waals surface area contributed by atoms with Gasteiger partial charge < -0.3 is 15.4 Å². The van der Waals surface area contributed by atoms with Crippen LogP contribution in [-0.4, -0.2) is 30.4 Å². The molecule has 2 saturated carbocycles. The van der Waals surface area contributed by atoms with E-state index in [1.54, 1.807) is 7.11 Å². The van der Waals surface area contributed by atoms with E-state index in [1.807, 2.05) is 0 Å². The Morgan fingerprint density at radius 2 is 2.00 bits per heavy atom. The smallest absolute Gasteiger partial charge is 0.166 e. The molecule has 4 heteroatoms. The van der Waals surface area contributed by atoms with Crippen LogP contribution in [0, 0.1) is 0 Å². The van der Waals surface area contributed by atoms with Crippen molar-refractivity contribution in [2.24, 2.45) is 0 Å². The largest absolute Gasteiger partial charge is 0.379 e. The van der Waals surface area contributed by atoms with Gasteiger partial charge in [-0.1, -0.05) is 0 Å². The molecule has 2 rings (SSSR count). The van der Waals surface area contributed by atoms with Crippen molar-refractivity contribution in [2.75, 3.05) is 7.11 Å². The summed E-state index contributed by atoms with van der Waals surface area (Å²) < 4.78 is 5.40. The molecular formula is C10H18N2OS. The predicted molar refractivity (Wildman–Crippen MR) is 60.3 cm³/mol. The molecule has 2 unspecified atom stereocenters. The Morgan fingerprint density at radius 3 is 2.64 bits per heavy atom. The Balaban J connectivity index is 1.74. The lowest BCUT2D eigenvalue weighted by Gasteiger charge is -2.21. The van der Waals surface area contributed by atoms with E-state index in [9.17, 15) is 0 Å². The third kappa shape index (κ3) is 2.58. The second-order valence-corrected chi connectivity index (χ2v) is 4.61. The van der Waals surface area contributed by atoms with Gasteiger partial charge in [-0.15, -0.1) is 0 Å². The van der Waals surface area contributed by atoms with Gasteiger partial charge in [0, 0.05) is 13.2 Å². The first kappa shape index (κ1) is 10.2. The van der Waals surface area contributed by atoms with E-state index in [4.69, 9.17) is 17.0 Å². The molecule has 3 nitrogen and oxygen atoms in total. The minimum Gasteiger partial charge on any atom is -0.379 e. The quantitative estimate of drug-likeness (QED) is 0.691. The lowest BCUT2D eigenvalue weighted by atomic mass is 10.2. The van der Waals surface area contributed by atoms with Crippen LogP contribution in [0.15, 0.2) is 0 Å². The zero-order valence-corrected chi connectivity index (χ0v) is 9.40. The average molecular weight is 214 g/mol. The van der Waals surface area contributed by atoms with Crippen molar-refractivity contribution in [2.45, 2.75) is 50.3 Å². The molecule has 2 aliphatic rings. The van der Waals surface area contributed by atoms with Crippen molar-refractivity contribution in [1.82, 2.24) is 10.6 Å². The molecule has 2 N–H and O–H groups in total. The van der Waals surface area contributed by atoms with Crippen molar-refractivity contribution in [1.29, 1.82) is 0 Å². The Bertz CT molecular complexity index is 218. The Morgan fingerprint density at radius 1 is 1.21 bits per heavy atom. The summed E-state index contributed by atoms with van der Waals surface area (Å²) in [7, 11) is 1.78. The van der Waals surface area contributed by atoms with Crippen LogP contribution in [0.4, 0.5) is 0 Å². The van der Waals surface area contributed by atoms with E-state index in [0.29, 0.717) is 18.2 Å². The molecule has 0 aromatic rings. The van der Waals surface area contributed by atoms with Gasteiger partial charge in [0.05, 0.1) is 12.1 Å². The van der Waals surface area contributed by atoms with Gasteiger partial charge in [0.1, 0.15) is 0 Å². The topological polar surface area (TPSA) is 33.3 Å². The minimum absolute atomic E-state index is 0.342. The molecule has 0 aromatic carbocycles. The lowest BCUT2D eigenvalue weighted by molar-refractivity contribution is 0.0907. The first-order chi connectivity index (χ1) is 6.79. The number of thiocarbonyl (C=S) groups is 1. The molecule has 80 valence electrons. The zero-order valence-electron chi connectivity index (χ0n) is 8.58. The fourth-order valence-electron chi connectivity index (χ4n) is 2.00. The SMILES string of the molecule is COC1CCCC1NC(=S)NC1CC1. The second-order valence-electron chi connectivity index (χ2n) is 4.20. The van der Waals surface area contributed by atoms with Gasteiger partial charge >= 0.3 is 0 Å². The summed E-state index contributed by atoms with van der Waals surface area (Å²) in [6, 6.07) is 1.05. The maximum atomic E-state index is 5.40. The van der Waals surface area contributed by atoms with Crippen LogP contribution >= 0.6 is 12.2 Å². The van der Waals surface area contributed by atoms with Crippen LogP contribution in [0.2, 0.25) is 0 Å². The maximum Gasteiger partial charge on any atom is 0.166 e. The molecule has 0 bridgehead atoms. The number of nitrogens with one attached hydrogen (secondary N) is 2. The fraction of sp³-hybridized carbons (Fsp3) is 0.900. The van der Waals surface area contributed by atoms with Gasteiger partial charge in [-0.3, -0.25) is 0 Å². The van der Waals surface area contributed by atoms with Gasteiger partial charge in [-0.05, 0) is 44.3 Å². The van der Waals surface area contributed by atoms with Gasteiger partial charge in [-0.2, -0.15) is 0 Å². The highest BCUT2D eigenvalue weighted by atomic mass is 32.1. The van der Waals surface area contributed by atoms with Crippen molar-refractivity contribution >= 4 is 17.3 Å². The molecule has 0 amide bonds. The fourth-order valence-corrected chi connectivity index (χ4v) is 2.31. The molecule has 0 heterocycles. The van der Waals surface area contributed by atoms with E-state index < -0.39 is 0 Å². The Hall–Kier alpha value is -0.350. The Kier molecular flexibility index (Phi) is 3.23. The van der Waals surface area contributed by atoms with E-state index in [2.05, 4.69) is 10.6 Å². The second kappa shape index (κ2) is 4.45. The van der Waals surface area contributed by atoms with E-state index in [-0.39, 0.29) is 0 Å². The summed E-state index contributed by atoms with van der Waals surface area (Å²) in [5.74, 6) is 0. The molecule has 2 aliphatic carbocycles. The highest BCUT2D eigenvalue weighted by Gasteiger charge is 2.29. The van der Waals surface area contributed by atoms with Crippen LogP contribution in [0.25, 0.3) is 0 Å². The van der Waals surface area contributed by atoms with Crippen LogP contribution in [0.5, 0.6) is 0 Å². The summed E-state index contributed by atoms with van der Waals surface area (Å²) in [6.07, 6.45) is 6.43. The van der Waals surface area contributed by atoms with Crippen molar-refractivity contribution in [3.05, 3.63) is 0 Å². The third-order valence-corrected chi connectivity index (χ3v) is 3.22. The third-order valence-electron chi connectivity index (χ3n) is 2.98. The molecule has 2 fully saturated rings. The maximum absolute atomic E-state index is 5.40. The monoisotopic (exact) mass is 214 g/mol. The van der Waals surface area contributed by atoms with Crippen LogP contribution in [0.3, 0.4) is 0 Å². The molecule has 0 saturated heterocycles. The van der Waals surface area contributed by atoms with Crippen LogP contribution in [0.1, 0.15) is 32.1 Å². The highest BCUT2D eigenvalue weighted by Crippen LogP contribution is 2.22. The van der Waals surface area contributed by atoms with E-state index in [1.165, 1.54) is 25.7 Å². The van der Waals surface area contributed by atoms with Gasteiger partial charge in [0.2, 0.25) is 0 Å². The highest BCUT2D eigenvalue weighted by molar-refractivity contribution is 7.80. The molecule has 0 aliphatic heterocycles. The predicted octanol–water partition coefficient (Wildman–Crippen LogP) is 1.18. The first-order valence-corrected chi connectivity index (χ1v) is 5.80. The van der Waals surface area contributed by atoms with Crippen molar-refractivity contribution in [3.63, 3.8) is 0 Å². The van der Waals surface area contributed by atoms with E-state index in [0.717, 1.165) is 11.5 Å². The van der Waals surface area contributed by atoms with Gasteiger partial charge in [0.25, 0.3) is 0 Å². The zero-order chi connectivity index (χ0) is 9.97. The minimum atomic E-state index is 0.342. The molecule has 2 atom stereocenters. The standard InChI is InChI=1S/C10H18N2OS/c1-13-9-4-2-3-8(9)12-10(14)11-7-5-6-7/h7-9H,2-6H2,1H3,(H2,11,12,14). The summed E-state index contributed by atoms with van der Waals surface area (Å²) in [5, 5.41) is 7.44. The number of methoxy groups -OCH3 is 1. The first-order valence-electron chi connectivity index (χ1n) is 5.39. The summed E-state index contributed by atoms with van der Waals surface area (Å²) in [6.45, 7) is 0. The van der Waals surface area contributed by atoms with Crippen LogP contribution in [-0.2, 0) is 4.74 Å². The number of ether oxygens (including phenoxy) is 1. The Labute approximate surface area is 90.6 Å². The lowest BCUT2D eigenvalue weighted by Crippen LogP contribution is -2.46. The molecular weight excluding hydrogens is 196 g/mol. The number of hydrogen-bond donors (Lipinski definition) is 2. The number of rotatable bonds is 3. The summed E-state index contributed by atoms with van der Waals surface area (Å²) in [5.41, 5.74) is 0. The van der Waals surface area contributed by atoms with Crippen molar-refractivity contribution < 1.29 is 4.74 Å². The summed E-state index contributed by atoms with van der Waals surface area (Å²) in [4.78, 5) is 0.